The van der Waals surface area contributed by atoms with Crippen molar-refractivity contribution in [2.75, 3.05) is 34.5 Å². The van der Waals surface area contributed by atoms with Gasteiger partial charge < -0.3 is 24.6 Å². The van der Waals surface area contributed by atoms with Gasteiger partial charge in [-0.25, -0.2) is 0 Å². The topological polar surface area (TPSA) is 77.0 Å². The number of carbonyl (C=O) groups is 1. The van der Waals surface area contributed by atoms with Gasteiger partial charge in [0.2, 0.25) is 5.75 Å². The van der Waals surface area contributed by atoms with Crippen molar-refractivity contribution in [3.05, 3.63) is 52.6 Å². The van der Waals surface area contributed by atoms with Gasteiger partial charge in [0.05, 0.1) is 26.9 Å². The molecular weight excluding hydrogens is 415 g/mol. The number of nitrogens with one attached hydrogen (secondary N) is 1. The average molecular weight is 441 g/mol. The lowest BCUT2D eigenvalue weighted by Gasteiger charge is -2.20. The fraction of sp³-hybridized carbons (Fsp3) is 0.409. The van der Waals surface area contributed by atoms with Gasteiger partial charge in [0.1, 0.15) is 0 Å². The van der Waals surface area contributed by atoms with Crippen LogP contribution in [0, 0.1) is 6.92 Å². The molecule has 9 heteroatoms. The highest BCUT2D eigenvalue weighted by Crippen LogP contribution is 2.41. The minimum Gasteiger partial charge on any atom is -0.493 e. The zero-order valence-electron chi connectivity index (χ0n) is 17.8. The molecule has 1 amide bonds. The Labute approximate surface area is 178 Å². The highest BCUT2D eigenvalue weighted by molar-refractivity contribution is 5.97. The summed E-state index contributed by atoms with van der Waals surface area (Å²) in [7, 11) is 4.32. The summed E-state index contributed by atoms with van der Waals surface area (Å²) in [6.07, 6.45) is -4.29. The molecule has 2 aromatic carbocycles. The lowest BCUT2D eigenvalue weighted by molar-refractivity contribution is -0.137. The molecule has 0 radical (unpaired) electrons. The van der Waals surface area contributed by atoms with Crippen molar-refractivity contribution in [2.24, 2.45) is 0 Å². The number of methoxy groups -OCH3 is 3. The highest BCUT2D eigenvalue weighted by Gasteiger charge is 2.31. The van der Waals surface area contributed by atoms with Gasteiger partial charge in [-0.3, -0.25) is 4.79 Å². The Morgan fingerprint density at radius 2 is 1.77 bits per heavy atom. The minimum absolute atomic E-state index is 0.0385. The molecule has 0 aliphatic heterocycles. The molecule has 0 bridgehead atoms. The summed E-state index contributed by atoms with van der Waals surface area (Å²) in [6, 6.07) is 6.39. The molecule has 0 saturated carbocycles. The first-order valence-corrected chi connectivity index (χ1v) is 9.53. The smallest absolute Gasteiger partial charge is 0.416 e. The Morgan fingerprint density at radius 1 is 1.10 bits per heavy atom. The predicted octanol–water partition coefficient (Wildman–Crippen LogP) is 3.94. The normalized spacial score (nSPS) is 12.3. The Bertz CT molecular complexity index is 915. The second-order valence-corrected chi connectivity index (χ2v) is 6.86. The van der Waals surface area contributed by atoms with Crippen LogP contribution in [-0.4, -0.2) is 45.5 Å². The van der Waals surface area contributed by atoms with Crippen molar-refractivity contribution < 1.29 is 37.3 Å². The number of halogens is 3. The van der Waals surface area contributed by atoms with Crippen LogP contribution < -0.4 is 19.5 Å². The molecule has 0 aliphatic carbocycles. The first-order valence-electron chi connectivity index (χ1n) is 9.53. The monoisotopic (exact) mass is 441 g/mol. The van der Waals surface area contributed by atoms with E-state index in [0.29, 0.717) is 28.4 Å². The predicted molar refractivity (Wildman–Crippen MR) is 109 cm³/mol. The molecule has 2 aromatic rings. The number of amides is 1. The van der Waals surface area contributed by atoms with E-state index in [0.717, 1.165) is 12.1 Å². The Hall–Kier alpha value is -2.94. The number of aliphatic hydroxyl groups is 1. The maximum atomic E-state index is 13.0. The molecule has 0 saturated heterocycles. The van der Waals surface area contributed by atoms with Crippen molar-refractivity contribution in [3.63, 3.8) is 0 Å². The average Bonchev–Trinajstić information content (AvgIpc) is 2.75. The maximum absolute atomic E-state index is 13.0. The summed E-state index contributed by atoms with van der Waals surface area (Å²) >= 11 is 0. The standard InChI is InChI=1S/C22H26F3NO5/c1-13-17(11-18(29-2)20(31-4)19(13)30-3)21(28)26-12-15(8-9-27)14-6-5-7-16(10-14)22(23,24)25/h5-7,10-11,15,27H,8-9,12H2,1-4H3,(H,26,28). The van der Waals surface area contributed by atoms with Crippen LogP contribution in [0.15, 0.2) is 30.3 Å². The van der Waals surface area contributed by atoms with Crippen molar-refractivity contribution >= 4 is 5.91 Å². The SMILES string of the molecule is COc1cc(C(=O)NCC(CCO)c2cccc(C(F)(F)F)c2)c(C)c(OC)c1OC. The van der Waals surface area contributed by atoms with Crippen molar-refractivity contribution in [3.8, 4) is 17.2 Å². The summed E-state index contributed by atoms with van der Waals surface area (Å²) < 4.78 is 55.1. The maximum Gasteiger partial charge on any atom is 0.416 e. The third kappa shape index (κ3) is 5.61. The molecule has 170 valence electrons. The molecule has 2 N–H and O–H groups in total. The summed E-state index contributed by atoms with van der Waals surface area (Å²) in [6.45, 7) is 1.49. The number of ether oxygens (including phenoxy) is 3. The summed E-state index contributed by atoms with van der Waals surface area (Å²) in [5.41, 5.74) is 0.405. The first kappa shape index (κ1) is 24.3. The molecule has 1 unspecified atom stereocenters. The third-order valence-electron chi connectivity index (χ3n) is 4.99. The van der Waals surface area contributed by atoms with Gasteiger partial charge in [-0.15, -0.1) is 0 Å². The van der Waals surface area contributed by atoms with Gasteiger partial charge >= 0.3 is 6.18 Å². The zero-order valence-corrected chi connectivity index (χ0v) is 17.8. The van der Waals surface area contributed by atoms with Crippen LogP contribution in [0.2, 0.25) is 0 Å². The number of alkyl halides is 3. The molecule has 0 aromatic heterocycles. The van der Waals surface area contributed by atoms with E-state index in [1.807, 2.05) is 0 Å². The van der Waals surface area contributed by atoms with Crippen molar-refractivity contribution in [2.45, 2.75) is 25.4 Å². The third-order valence-corrected chi connectivity index (χ3v) is 4.99. The van der Waals surface area contributed by atoms with Crippen LogP contribution in [0.1, 0.15) is 39.4 Å². The van der Waals surface area contributed by atoms with E-state index in [2.05, 4.69) is 5.32 Å². The van der Waals surface area contributed by atoms with Gasteiger partial charge in [0, 0.05) is 30.2 Å². The van der Waals surface area contributed by atoms with E-state index in [4.69, 9.17) is 14.2 Å². The van der Waals surface area contributed by atoms with Crippen LogP contribution in [0.25, 0.3) is 0 Å². The Morgan fingerprint density at radius 3 is 2.32 bits per heavy atom. The van der Waals surface area contributed by atoms with E-state index < -0.39 is 23.6 Å². The van der Waals surface area contributed by atoms with Crippen molar-refractivity contribution in [1.29, 1.82) is 0 Å². The van der Waals surface area contributed by atoms with Crippen molar-refractivity contribution in [1.82, 2.24) is 5.32 Å². The molecule has 0 heterocycles. The second-order valence-electron chi connectivity index (χ2n) is 6.86. The van der Waals surface area contributed by atoms with E-state index in [1.54, 1.807) is 13.0 Å². The minimum atomic E-state index is -4.48. The van der Waals surface area contributed by atoms with Crippen LogP contribution in [0.3, 0.4) is 0 Å². The van der Waals surface area contributed by atoms with E-state index >= 15 is 0 Å². The Kier molecular flexibility index (Phi) is 8.15. The first-order chi connectivity index (χ1) is 14.7. The van der Waals surface area contributed by atoms with E-state index in [9.17, 15) is 23.1 Å². The number of rotatable bonds is 9. The molecule has 0 aliphatic rings. The van der Waals surface area contributed by atoms with Gasteiger partial charge in [-0.1, -0.05) is 18.2 Å². The quantitative estimate of drug-likeness (QED) is 0.617. The van der Waals surface area contributed by atoms with Crippen LogP contribution in [-0.2, 0) is 6.18 Å². The number of aliphatic hydroxyl groups excluding tert-OH is 1. The number of hydrogen-bond donors (Lipinski definition) is 2. The van der Waals surface area contributed by atoms with Gasteiger partial charge in [-0.2, -0.15) is 13.2 Å². The lowest BCUT2D eigenvalue weighted by atomic mass is 9.94. The number of carbonyl (C=O) groups excluding carboxylic acids is 1. The second kappa shape index (κ2) is 10.4. The molecule has 0 fully saturated rings. The molecule has 0 spiro atoms. The highest BCUT2D eigenvalue weighted by atomic mass is 19.4. The molecule has 1 atom stereocenters. The van der Waals surface area contributed by atoms with E-state index in [1.165, 1.54) is 33.5 Å². The summed E-state index contributed by atoms with van der Waals surface area (Å²) in [5, 5.41) is 12.1. The van der Waals surface area contributed by atoms with E-state index in [-0.39, 0.29) is 25.1 Å². The number of benzene rings is 2. The lowest BCUT2D eigenvalue weighted by Crippen LogP contribution is -2.29. The van der Waals surface area contributed by atoms with Crippen LogP contribution in [0.5, 0.6) is 17.2 Å². The van der Waals surface area contributed by atoms with Crippen LogP contribution >= 0.6 is 0 Å². The fourth-order valence-corrected chi connectivity index (χ4v) is 3.36. The summed E-state index contributed by atoms with van der Waals surface area (Å²) in [5.74, 6) is 0.0445. The van der Waals surface area contributed by atoms with Crippen LogP contribution in [0.4, 0.5) is 13.2 Å². The Balaban J connectivity index is 2.29. The van der Waals surface area contributed by atoms with Gasteiger partial charge in [0.15, 0.2) is 11.5 Å². The summed E-state index contributed by atoms with van der Waals surface area (Å²) in [4.78, 5) is 12.9. The largest absolute Gasteiger partial charge is 0.493 e. The zero-order chi connectivity index (χ0) is 23.2. The molecule has 6 nitrogen and oxygen atoms in total. The van der Waals surface area contributed by atoms with Gasteiger partial charge in [0.25, 0.3) is 5.91 Å². The molecule has 31 heavy (non-hydrogen) atoms. The molecule has 2 rings (SSSR count). The molecular formula is C22H26F3NO5. The number of hydrogen-bond acceptors (Lipinski definition) is 5. The van der Waals surface area contributed by atoms with Gasteiger partial charge in [-0.05, 0) is 31.0 Å². The fourth-order valence-electron chi connectivity index (χ4n) is 3.36.